The first-order chi connectivity index (χ1) is 15.7. The lowest BCUT2D eigenvalue weighted by atomic mass is 9.97. The topological polar surface area (TPSA) is 62.2 Å². The van der Waals surface area contributed by atoms with Crippen molar-refractivity contribution in [1.29, 1.82) is 0 Å². The number of likely N-dealkylation sites (tertiary alicyclic amines) is 1. The molecule has 0 radical (unpaired) electrons. The van der Waals surface area contributed by atoms with E-state index >= 15 is 0 Å². The lowest BCUT2D eigenvalue weighted by Crippen LogP contribution is -2.29. The second-order valence-electron chi connectivity index (χ2n) is 8.44. The predicted octanol–water partition coefficient (Wildman–Crippen LogP) is 4.76. The second-order valence-corrected chi connectivity index (χ2v) is 8.44. The van der Waals surface area contributed by atoms with E-state index in [0.29, 0.717) is 13.0 Å². The fraction of sp³-hybridized carbons (Fsp3) is 0.407. The number of hydrogen-bond donors (Lipinski definition) is 2. The van der Waals surface area contributed by atoms with Crippen molar-refractivity contribution in [3.63, 3.8) is 0 Å². The van der Waals surface area contributed by atoms with E-state index < -0.39 is 0 Å². The van der Waals surface area contributed by atoms with E-state index in [-0.39, 0.29) is 19.0 Å². The van der Waals surface area contributed by atoms with Crippen LogP contribution in [0.2, 0.25) is 0 Å². The highest BCUT2D eigenvalue weighted by Crippen LogP contribution is 2.32. The summed E-state index contributed by atoms with van der Waals surface area (Å²) in [5, 5.41) is 21.0. The maximum atomic E-state index is 9.84. The van der Waals surface area contributed by atoms with E-state index in [1.807, 2.05) is 30.3 Å². The van der Waals surface area contributed by atoms with E-state index in [1.165, 1.54) is 38.8 Å². The molecule has 0 bridgehead atoms. The molecule has 0 unspecified atom stereocenters. The van der Waals surface area contributed by atoms with Crippen LogP contribution in [0.5, 0.6) is 17.2 Å². The summed E-state index contributed by atoms with van der Waals surface area (Å²) in [7, 11) is 0. The van der Waals surface area contributed by atoms with Crippen molar-refractivity contribution < 1.29 is 19.7 Å². The molecule has 170 valence electrons. The number of nitrogens with zero attached hydrogens (tertiary/aromatic N) is 1. The van der Waals surface area contributed by atoms with Gasteiger partial charge in [0.2, 0.25) is 0 Å². The van der Waals surface area contributed by atoms with Crippen LogP contribution in [0.25, 0.3) is 10.8 Å². The summed E-state index contributed by atoms with van der Waals surface area (Å²) in [4.78, 5) is 2.51. The quantitative estimate of drug-likeness (QED) is 0.507. The zero-order valence-corrected chi connectivity index (χ0v) is 18.6. The smallest absolute Gasteiger partial charge is 0.123 e. The third-order valence-electron chi connectivity index (χ3n) is 6.10. The summed E-state index contributed by atoms with van der Waals surface area (Å²) in [5.41, 5.74) is 2.20. The maximum absolute atomic E-state index is 9.84. The molecule has 1 heterocycles. The molecule has 0 atom stereocenters. The first-order valence-electron chi connectivity index (χ1n) is 11.7. The van der Waals surface area contributed by atoms with Crippen molar-refractivity contribution in [2.24, 2.45) is 0 Å². The fourth-order valence-electron chi connectivity index (χ4n) is 4.39. The van der Waals surface area contributed by atoms with Gasteiger partial charge in [0, 0.05) is 18.5 Å². The van der Waals surface area contributed by atoms with Gasteiger partial charge in [0.25, 0.3) is 0 Å². The summed E-state index contributed by atoms with van der Waals surface area (Å²) in [6.07, 6.45) is 5.99. The Bertz CT molecular complexity index is 994. The Kier molecular flexibility index (Phi) is 7.86. The number of rotatable bonds is 9. The Hall–Kier alpha value is -2.76. The van der Waals surface area contributed by atoms with Gasteiger partial charge in [-0.15, -0.1) is 0 Å². The highest BCUT2D eigenvalue weighted by molar-refractivity contribution is 5.89. The van der Waals surface area contributed by atoms with Crippen LogP contribution in [-0.4, -0.2) is 54.6 Å². The van der Waals surface area contributed by atoms with Gasteiger partial charge in [-0.2, -0.15) is 0 Å². The number of phenols is 1. The number of fused-ring (bicyclic) bond motifs is 1. The van der Waals surface area contributed by atoms with Crippen molar-refractivity contribution in [1.82, 2.24) is 4.90 Å². The number of ether oxygens (including phenoxy) is 2. The van der Waals surface area contributed by atoms with E-state index in [9.17, 15) is 10.2 Å². The minimum atomic E-state index is -0.0312. The molecule has 32 heavy (non-hydrogen) atoms. The normalized spacial score (nSPS) is 14.9. The largest absolute Gasteiger partial charge is 0.508 e. The molecule has 1 aliphatic rings. The maximum Gasteiger partial charge on any atom is 0.123 e. The van der Waals surface area contributed by atoms with Crippen molar-refractivity contribution in [2.45, 2.75) is 32.1 Å². The van der Waals surface area contributed by atoms with Crippen molar-refractivity contribution in [2.75, 3.05) is 39.5 Å². The fourth-order valence-corrected chi connectivity index (χ4v) is 4.39. The highest BCUT2D eigenvalue weighted by atomic mass is 16.5. The number of aliphatic hydroxyl groups excluding tert-OH is 1. The molecule has 3 aromatic rings. The van der Waals surface area contributed by atoms with Crippen molar-refractivity contribution in [3.8, 4) is 17.2 Å². The van der Waals surface area contributed by atoms with Crippen LogP contribution in [0.3, 0.4) is 0 Å². The van der Waals surface area contributed by atoms with E-state index in [2.05, 4.69) is 17.0 Å². The Morgan fingerprint density at radius 2 is 1.59 bits per heavy atom. The summed E-state index contributed by atoms with van der Waals surface area (Å²) in [6.45, 7) is 4.29. The number of benzene rings is 3. The van der Waals surface area contributed by atoms with Gasteiger partial charge in [-0.05, 0) is 72.6 Å². The van der Waals surface area contributed by atoms with Gasteiger partial charge in [-0.3, -0.25) is 4.90 Å². The Morgan fingerprint density at radius 1 is 0.812 bits per heavy atom. The van der Waals surface area contributed by atoms with E-state index in [1.54, 1.807) is 12.1 Å². The Balaban J connectivity index is 1.43. The molecule has 4 rings (SSSR count). The molecule has 0 amide bonds. The number of phenolic OH excluding ortho intramolecular Hbond substituents is 1. The Labute approximate surface area is 190 Å². The van der Waals surface area contributed by atoms with Crippen LogP contribution in [-0.2, 0) is 6.42 Å². The third-order valence-corrected chi connectivity index (χ3v) is 6.10. The van der Waals surface area contributed by atoms with Crippen molar-refractivity contribution >= 4 is 10.8 Å². The van der Waals surface area contributed by atoms with Gasteiger partial charge in [0.15, 0.2) is 0 Å². The van der Waals surface area contributed by atoms with Gasteiger partial charge in [-0.25, -0.2) is 0 Å². The molecule has 1 saturated heterocycles. The lowest BCUT2D eigenvalue weighted by molar-refractivity contribution is 0.200. The number of aromatic hydroxyl groups is 1. The van der Waals surface area contributed by atoms with Gasteiger partial charge < -0.3 is 19.7 Å². The first kappa shape index (κ1) is 22.4. The second kappa shape index (κ2) is 11.2. The minimum absolute atomic E-state index is 0.0312. The molecule has 5 nitrogen and oxygen atoms in total. The average molecular weight is 436 g/mol. The van der Waals surface area contributed by atoms with Crippen LogP contribution in [0.1, 0.15) is 36.8 Å². The monoisotopic (exact) mass is 435 g/mol. The zero-order chi connectivity index (χ0) is 22.2. The van der Waals surface area contributed by atoms with Crippen LogP contribution in [0.15, 0.2) is 54.6 Å². The van der Waals surface area contributed by atoms with Gasteiger partial charge in [0.05, 0.1) is 6.61 Å². The molecule has 3 aromatic carbocycles. The average Bonchev–Trinajstić information content (AvgIpc) is 3.08. The van der Waals surface area contributed by atoms with Crippen LogP contribution < -0.4 is 9.47 Å². The molecule has 0 aliphatic carbocycles. The third kappa shape index (κ3) is 5.93. The minimum Gasteiger partial charge on any atom is -0.508 e. The van der Waals surface area contributed by atoms with Gasteiger partial charge in [-0.1, -0.05) is 37.1 Å². The number of aliphatic hydroxyl groups is 1. The predicted molar refractivity (Wildman–Crippen MR) is 128 cm³/mol. The SMILES string of the molecule is OCCOc1ccc2cc(O)ccc2c1Cc1ccc(OCCN2CCCCCC2)cc1. The molecule has 1 aliphatic heterocycles. The van der Waals surface area contributed by atoms with Crippen LogP contribution in [0.4, 0.5) is 0 Å². The summed E-state index contributed by atoms with van der Waals surface area (Å²) >= 11 is 0. The van der Waals surface area contributed by atoms with Gasteiger partial charge >= 0.3 is 0 Å². The summed E-state index contributed by atoms with van der Waals surface area (Å²) < 4.78 is 11.8. The van der Waals surface area contributed by atoms with E-state index in [0.717, 1.165) is 39.9 Å². The summed E-state index contributed by atoms with van der Waals surface area (Å²) in [5.74, 6) is 1.90. The molecule has 0 spiro atoms. The molecular formula is C27H33NO4. The lowest BCUT2D eigenvalue weighted by Gasteiger charge is -2.19. The Morgan fingerprint density at radius 3 is 2.34 bits per heavy atom. The molecule has 0 saturated carbocycles. The molecular weight excluding hydrogens is 402 g/mol. The standard InChI is InChI=1S/C27H33NO4/c29-16-18-32-27-12-7-22-20-23(30)8-11-25(22)26(27)19-21-5-9-24(10-6-21)31-17-15-28-13-3-1-2-4-14-28/h5-12,20,29-30H,1-4,13-19H2. The van der Waals surface area contributed by atoms with Gasteiger partial charge in [0.1, 0.15) is 30.5 Å². The molecule has 5 heteroatoms. The summed E-state index contributed by atoms with van der Waals surface area (Å²) in [6, 6.07) is 17.5. The van der Waals surface area contributed by atoms with Crippen LogP contribution in [0, 0.1) is 0 Å². The highest BCUT2D eigenvalue weighted by Gasteiger charge is 2.12. The van der Waals surface area contributed by atoms with Crippen molar-refractivity contribution in [3.05, 3.63) is 65.7 Å². The molecule has 1 fully saturated rings. The first-order valence-corrected chi connectivity index (χ1v) is 11.7. The van der Waals surface area contributed by atoms with Crippen LogP contribution >= 0.6 is 0 Å². The van der Waals surface area contributed by atoms with E-state index in [4.69, 9.17) is 9.47 Å². The molecule has 2 N–H and O–H groups in total. The molecule has 0 aromatic heterocycles. The zero-order valence-electron chi connectivity index (χ0n) is 18.6. The number of hydrogen-bond acceptors (Lipinski definition) is 5.